The minimum atomic E-state index is 0.597. The minimum Gasteiger partial charge on any atom is -0.439 e. The molecule has 1 aromatic heterocycles. The molecule has 1 aromatic carbocycles. The maximum absolute atomic E-state index is 5.85. The zero-order valence-corrected chi connectivity index (χ0v) is 12.1. The van der Waals surface area contributed by atoms with E-state index in [2.05, 4.69) is 10.3 Å². The molecule has 0 saturated carbocycles. The molecule has 0 bridgehead atoms. The van der Waals surface area contributed by atoms with Crippen LogP contribution in [0.25, 0.3) is 0 Å². The van der Waals surface area contributed by atoms with Gasteiger partial charge in [-0.1, -0.05) is 17.7 Å². The first-order valence-corrected chi connectivity index (χ1v) is 6.74. The Kier molecular flexibility index (Phi) is 5.80. The molecule has 1 heterocycles. The molecular weight excluding hydrogens is 276 g/mol. The lowest BCUT2D eigenvalue weighted by molar-refractivity contribution is 0.199. The quantitative estimate of drug-likeness (QED) is 0.796. The van der Waals surface area contributed by atoms with Crippen LogP contribution >= 0.6 is 11.6 Å². The van der Waals surface area contributed by atoms with Gasteiger partial charge in [-0.15, -0.1) is 0 Å². The predicted molar refractivity (Wildman–Crippen MR) is 79.3 cm³/mol. The van der Waals surface area contributed by atoms with Gasteiger partial charge in [-0.3, -0.25) is 0 Å². The van der Waals surface area contributed by atoms with E-state index in [-0.39, 0.29) is 0 Å². The number of methoxy groups -OCH3 is 1. The van der Waals surface area contributed by atoms with Crippen LogP contribution in [-0.4, -0.2) is 25.2 Å². The fourth-order valence-corrected chi connectivity index (χ4v) is 1.79. The van der Waals surface area contributed by atoms with E-state index in [4.69, 9.17) is 21.1 Å². The molecule has 2 aromatic rings. The van der Waals surface area contributed by atoms with E-state index in [1.165, 1.54) is 0 Å². The summed E-state index contributed by atoms with van der Waals surface area (Å²) >= 11 is 5.85. The molecule has 20 heavy (non-hydrogen) atoms. The number of benzene rings is 1. The Morgan fingerprint density at radius 2 is 2.00 bits per heavy atom. The molecule has 0 radical (unpaired) electrons. The molecule has 0 unspecified atom stereocenters. The standard InChI is InChI=1S/C15H17ClN2O2/c1-19-10-9-17-11-12-3-2-8-18-15(12)20-14-6-4-13(16)5-7-14/h2-8,17H,9-11H2,1H3. The summed E-state index contributed by atoms with van der Waals surface area (Å²) in [4.78, 5) is 4.27. The van der Waals surface area contributed by atoms with Crippen LogP contribution in [0.15, 0.2) is 42.6 Å². The fraction of sp³-hybridized carbons (Fsp3) is 0.267. The third kappa shape index (κ3) is 4.49. The van der Waals surface area contributed by atoms with Crippen LogP contribution in [0.1, 0.15) is 5.56 Å². The topological polar surface area (TPSA) is 43.4 Å². The van der Waals surface area contributed by atoms with E-state index < -0.39 is 0 Å². The van der Waals surface area contributed by atoms with Crippen LogP contribution in [0, 0.1) is 0 Å². The van der Waals surface area contributed by atoms with Crippen LogP contribution in [0.5, 0.6) is 11.6 Å². The molecule has 1 N–H and O–H groups in total. The number of ether oxygens (including phenoxy) is 2. The summed E-state index contributed by atoms with van der Waals surface area (Å²) < 4.78 is 10.8. The van der Waals surface area contributed by atoms with Crippen LogP contribution in [0.2, 0.25) is 5.02 Å². The number of hydrogen-bond acceptors (Lipinski definition) is 4. The summed E-state index contributed by atoms with van der Waals surface area (Å²) in [6, 6.07) is 11.1. The highest BCUT2D eigenvalue weighted by Gasteiger charge is 2.05. The number of rotatable bonds is 7. The number of pyridine rings is 1. The molecule has 2 rings (SSSR count). The summed E-state index contributed by atoms with van der Waals surface area (Å²) in [6.45, 7) is 2.14. The van der Waals surface area contributed by atoms with Crippen molar-refractivity contribution in [2.45, 2.75) is 6.54 Å². The van der Waals surface area contributed by atoms with Gasteiger partial charge in [0.25, 0.3) is 0 Å². The van der Waals surface area contributed by atoms with Crippen LogP contribution < -0.4 is 10.1 Å². The lowest BCUT2D eigenvalue weighted by Gasteiger charge is -2.10. The van der Waals surface area contributed by atoms with E-state index >= 15 is 0 Å². The summed E-state index contributed by atoms with van der Waals surface area (Å²) in [5, 5.41) is 3.95. The highest BCUT2D eigenvalue weighted by molar-refractivity contribution is 6.30. The molecule has 0 aliphatic heterocycles. The minimum absolute atomic E-state index is 0.597. The van der Waals surface area contributed by atoms with Crippen molar-refractivity contribution < 1.29 is 9.47 Å². The number of halogens is 1. The van der Waals surface area contributed by atoms with Gasteiger partial charge in [-0.25, -0.2) is 4.98 Å². The van der Waals surface area contributed by atoms with E-state index in [9.17, 15) is 0 Å². The Bertz CT molecular complexity index is 532. The van der Waals surface area contributed by atoms with Crippen molar-refractivity contribution in [2.75, 3.05) is 20.3 Å². The van der Waals surface area contributed by atoms with Crippen molar-refractivity contribution in [3.05, 3.63) is 53.2 Å². The molecular formula is C15H17ClN2O2. The monoisotopic (exact) mass is 292 g/mol. The second kappa shape index (κ2) is 7.85. The lowest BCUT2D eigenvalue weighted by Crippen LogP contribution is -2.19. The lowest BCUT2D eigenvalue weighted by atomic mass is 10.2. The summed E-state index contributed by atoms with van der Waals surface area (Å²) in [5.41, 5.74) is 0.999. The average Bonchev–Trinajstić information content (AvgIpc) is 2.47. The number of nitrogens with one attached hydrogen (secondary N) is 1. The third-order valence-electron chi connectivity index (χ3n) is 2.68. The van der Waals surface area contributed by atoms with Crippen molar-refractivity contribution >= 4 is 11.6 Å². The molecule has 0 aliphatic rings. The zero-order valence-electron chi connectivity index (χ0n) is 11.3. The van der Waals surface area contributed by atoms with Crippen LogP contribution in [-0.2, 0) is 11.3 Å². The van der Waals surface area contributed by atoms with E-state index in [1.807, 2.05) is 24.3 Å². The highest BCUT2D eigenvalue weighted by Crippen LogP contribution is 2.24. The molecule has 0 fully saturated rings. The second-order valence-corrected chi connectivity index (χ2v) is 4.63. The van der Waals surface area contributed by atoms with Gasteiger partial charge in [0.2, 0.25) is 5.88 Å². The predicted octanol–water partition coefficient (Wildman–Crippen LogP) is 3.26. The maximum atomic E-state index is 5.85. The SMILES string of the molecule is COCCNCc1cccnc1Oc1ccc(Cl)cc1. The van der Waals surface area contributed by atoms with Gasteiger partial charge in [0.05, 0.1) is 6.61 Å². The molecule has 106 valence electrons. The van der Waals surface area contributed by atoms with Gasteiger partial charge in [0.1, 0.15) is 5.75 Å². The largest absolute Gasteiger partial charge is 0.439 e. The van der Waals surface area contributed by atoms with Crippen molar-refractivity contribution in [1.82, 2.24) is 10.3 Å². The Morgan fingerprint density at radius 3 is 2.75 bits per heavy atom. The van der Waals surface area contributed by atoms with E-state index in [0.717, 1.165) is 12.1 Å². The summed E-state index contributed by atoms with van der Waals surface area (Å²) in [6.07, 6.45) is 1.71. The molecule has 0 amide bonds. The fourth-order valence-electron chi connectivity index (χ4n) is 1.66. The molecule has 0 aliphatic carbocycles. The maximum Gasteiger partial charge on any atom is 0.223 e. The number of nitrogens with zero attached hydrogens (tertiary/aromatic N) is 1. The van der Waals surface area contributed by atoms with Crippen molar-refractivity contribution in [3.63, 3.8) is 0 Å². The highest BCUT2D eigenvalue weighted by atomic mass is 35.5. The van der Waals surface area contributed by atoms with E-state index in [0.29, 0.717) is 29.8 Å². The molecule has 0 atom stereocenters. The van der Waals surface area contributed by atoms with Gasteiger partial charge in [0, 0.05) is 37.0 Å². The van der Waals surface area contributed by atoms with E-state index in [1.54, 1.807) is 25.4 Å². The Labute approximate surface area is 123 Å². The van der Waals surface area contributed by atoms with Gasteiger partial charge >= 0.3 is 0 Å². The molecule has 0 spiro atoms. The third-order valence-corrected chi connectivity index (χ3v) is 2.93. The summed E-state index contributed by atoms with van der Waals surface area (Å²) in [5.74, 6) is 1.31. The van der Waals surface area contributed by atoms with Gasteiger partial charge in [-0.2, -0.15) is 0 Å². The Hall–Kier alpha value is -1.62. The zero-order chi connectivity index (χ0) is 14.2. The smallest absolute Gasteiger partial charge is 0.223 e. The van der Waals surface area contributed by atoms with Gasteiger partial charge in [0.15, 0.2) is 0 Å². The Morgan fingerprint density at radius 1 is 1.20 bits per heavy atom. The van der Waals surface area contributed by atoms with Gasteiger partial charge < -0.3 is 14.8 Å². The van der Waals surface area contributed by atoms with Crippen molar-refractivity contribution in [1.29, 1.82) is 0 Å². The molecule has 5 heteroatoms. The van der Waals surface area contributed by atoms with Crippen molar-refractivity contribution in [2.24, 2.45) is 0 Å². The average molecular weight is 293 g/mol. The van der Waals surface area contributed by atoms with Gasteiger partial charge in [-0.05, 0) is 30.3 Å². The van der Waals surface area contributed by atoms with Crippen LogP contribution in [0.4, 0.5) is 0 Å². The molecule has 4 nitrogen and oxygen atoms in total. The first kappa shape index (κ1) is 14.8. The normalized spacial score (nSPS) is 10.5. The first-order valence-electron chi connectivity index (χ1n) is 6.36. The second-order valence-electron chi connectivity index (χ2n) is 4.19. The first-order chi connectivity index (χ1) is 9.79. The Balaban J connectivity index is 2.01. The van der Waals surface area contributed by atoms with Crippen LogP contribution in [0.3, 0.4) is 0 Å². The van der Waals surface area contributed by atoms with Crippen molar-refractivity contribution in [3.8, 4) is 11.6 Å². The number of aromatic nitrogens is 1. The summed E-state index contributed by atoms with van der Waals surface area (Å²) in [7, 11) is 1.68. The molecule has 0 saturated heterocycles. The number of hydrogen-bond donors (Lipinski definition) is 1.